The average Bonchev–Trinajstić information content (AvgIpc) is 1.90. The first kappa shape index (κ1) is 11.0. The molecule has 4 heteroatoms. The molecule has 0 fully saturated rings. The van der Waals surface area contributed by atoms with Gasteiger partial charge in [-0.15, -0.1) is 0 Å². The van der Waals surface area contributed by atoms with Crippen molar-refractivity contribution in [3.8, 4) is 0 Å². The first-order chi connectivity index (χ1) is 4.73. The third kappa shape index (κ3) is 11.7. The molecule has 10 heavy (non-hydrogen) atoms. The summed E-state index contributed by atoms with van der Waals surface area (Å²) in [6.07, 6.45) is 0. The van der Waals surface area contributed by atoms with Gasteiger partial charge in [-0.1, -0.05) is 36.4 Å². The Morgan fingerprint density at radius 2 is 0.700 bits per heavy atom. The van der Waals surface area contributed by atoms with Crippen molar-refractivity contribution in [3.05, 3.63) is 36.4 Å². The molecule has 0 N–H and O–H groups in total. The Hall–Kier alpha value is 0.973. The van der Waals surface area contributed by atoms with Crippen molar-refractivity contribution in [2.45, 2.75) is 0 Å². The molecule has 1 rings (SSSR count). The van der Waals surface area contributed by atoms with Gasteiger partial charge >= 0.3 is 43.7 Å². The normalized spacial score (nSPS) is 8.40. The van der Waals surface area contributed by atoms with Crippen LogP contribution in [-0.4, -0.2) is 18.2 Å². The molecule has 0 saturated heterocycles. The molecule has 0 unspecified atom stereocenters. The fourth-order valence-electron chi connectivity index (χ4n) is 0.385. The monoisotopic (exact) mass is 392 g/mol. The predicted molar refractivity (Wildman–Crippen MR) is 49.8 cm³/mol. The van der Waals surface area contributed by atoms with E-state index in [1.807, 2.05) is 36.4 Å². The molecular formula is C6H6BiCl3. The van der Waals surface area contributed by atoms with Gasteiger partial charge < -0.3 is 0 Å². The first-order valence-electron chi connectivity index (χ1n) is 2.51. The second kappa shape index (κ2) is 8.07. The molecule has 56 valence electrons. The van der Waals surface area contributed by atoms with Crippen LogP contribution in [0.15, 0.2) is 36.4 Å². The van der Waals surface area contributed by atoms with E-state index in [1.54, 1.807) is 0 Å². The van der Waals surface area contributed by atoms with E-state index < -0.39 is 18.2 Å². The number of rotatable bonds is 0. The van der Waals surface area contributed by atoms with Gasteiger partial charge in [-0.2, -0.15) is 0 Å². The van der Waals surface area contributed by atoms with Gasteiger partial charge in [-0.05, 0) is 0 Å². The molecule has 0 aliphatic rings. The third-order valence-corrected chi connectivity index (χ3v) is 0.667. The minimum atomic E-state index is -2.18. The van der Waals surface area contributed by atoms with Crippen LogP contribution in [0.25, 0.3) is 0 Å². The van der Waals surface area contributed by atoms with Gasteiger partial charge in [-0.3, -0.25) is 0 Å². The van der Waals surface area contributed by atoms with Crippen LogP contribution in [0.2, 0.25) is 0 Å². The van der Waals surface area contributed by atoms with Crippen molar-refractivity contribution < 1.29 is 0 Å². The Balaban J connectivity index is 0.000000180. The minimum Gasteiger partial charge on any atom is -0.0623 e. The van der Waals surface area contributed by atoms with E-state index >= 15 is 0 Å². The van der Waals surface area contributed by atoms with Gasteiger partial charge in [0, 0.05) is 0 Å². The van der Waals surface area contributed by atoms with Crippen LogP contribution in [0.5, 0.6) is 0 Å². The number of hydrogen-bond donors (Lipinski definition) is 0. The van der Waals surface area contributed by atoms with Gasteiger partial charge in [0.05, 0.1) is 0 Å². The second-order valence-corrected chi connectivity index (χ2v) is 16.3. The molecule has 0 nitrogen and oxygen atoms in total. The quantitative estimate of drug-likeness (QED) is 0.593. The summed E-state index contributed by atoms with van der Waals surface area (Å²) in [6.45, 7) is 0. The standard InChI is InChI=1S/C6H6.Bi.3ClH/c1-2-4-6-5-3-1;;;;/h1-6H;;3*1H/q;+3;;;/p-3. The predicted octanol–water partition coefficient (Wildman–Crippen LogP) is 3.37. The Bertz CT molecular complexity index is 113. The van der Waals surface area contributed by atoms with Crippen LogP contribution in [0.1, 0.15) is 0 Å². The molecule has 0 amide bonds. The van der Waals surface area contributed by atoms with Crippen molar-refractivity contribution in [1.29, 1.82) is 0 Å². The van der Waals surface area contributed by atoms with E-state index in [0.717, 1.165) is 0 Å². The van der Waals surface area contributed by atoms with Crippen LogP contribution in [-0.2, 0) is 0 Å². The maximum absolute atomic E-state index is 5.01. The SMILES string of the molecule is [Cl][Bi]([Cl])[Cl].c1ccccc1. The van der Waals surface area contributed by atoms with Crippen LogP contribution < -0.4 is 0 Å². The van der Waals surface area contributed by atoms with Crippen molar-refractivity contribution >= 4 is 43.7 Å². The van der Waals surface area contributed by atoms with E-state index in [9.17, 15) is 0 Å². The molecule has 0 aromatic heterocycles. The molecule has 0 saturated carbocycles. The Kier molecular flexibility index (Phi) is 8.86. The summed E-state index contributed by atoms with van der Waals surface area (Å²) in [6, 6.07) is 12.0. The van der Waals surface area contributed by atoms with Crippen molar-refractivity contribution in [3.63, 3.8) is 0 Å². The molecule has 0 bridgehead atoms. The molecule has 0 spiro atoms. The summed E-state index contributed by atoms with van der Waals surface area (Å²) in [5.41, 5.74) is 0. The van der Waals surface area contributed by atoms with Gasteiger partial charge in [0.25, 0.3) is 0 Å². The van der Waals surface area contributed by atoms with Crippen LogP contribution in [0.3, 0.4) is 0 Å². The van der Waals surface area contributed by atoms with E-state index in [4.69, 9.17) is 25.5 Å². The van der Waals surface area contributed by atoms with Crippen LogP contribution in [0, 0.1) is 0 Å². The van der Waals surface area contributed by atoms with E-state index in [2.05, 4.69) is 0 Å². The fraction of sp³-hybridized carbons (Fsp3) is 0. The van der Waals surface area contributed by atoms with E-state index in [-0.39, 0.29) is 0 Å². The topological polar surface area (TPSA) is 0 Å². The second-order valence-electron chi connectivity index (χ2n) is 1.35. The van der Waals surface area contributed by atoms with Gasteiger partial charge in [0.2, 0.25) is 0 Å². The minimum absolute atomic E-state index is 2.00. The molecule has 1 aromatic carbocycles. The van der Waals surface area contributed by atoms with Crippen molar-refractivity contribution in [2.24, 2.45) is 0 Å². The van der Waals surface area contributed by atoms with Crippen molar-refractivity contribution in [2.75, 3.05) is 0 Å². The largest absolute Gasteiger partial charge is 0.0623 e. The van der Waals surface area contributed by atoms with Gasteiger partial charge in [0.15, 0.2) is 0 Å². The smallest absolute Gasteiger partial charge is 0.0623 e. The maximum atomic E-state index is 5.01. The molecule has 0 aliphatic heterocycles. The fourth-order valence-corrected chi connectivity index (χ4v) is 0.385. The number of benzene rings is 1. The molecule has 0 aliphatic carbocycles. The third-order valence-electron chi connectivity index (χ3n) is 0.667. The van der Waals surface area contributed by atoms with Gasteiger partial charge in [-0.25, -0.2) is 0 Å². The maximum Gasteiger partial charge on any atom is -0.0623 e. The zero-order chi connectivity index (χ0) is 7.82. The number of hydrogen-bond acceptors (Lipinski definition) is 0. The Labute approximate surface area is 79.4 Å². The summed E-state index contributed by atoms with van der Waals surface area (Å²) in [5, 5.41) is 0. The molecular weight excluding hydrogens is 387 g/mol. The van der Waals surface area contributed by atoms with E-state index in [1.165, 1.54) is 0 Å². The summed E-state index contributed by atoms with van der Waals surface area (Å²) < 4.78 is 0. The summed E-state index contributed by atoms with van der Waals surface area (Å²) in [5.74, 6) is 0. The Morgan fingerprint density at radius 3 is 0.800 bits per heavy atom. The summed E-state index contributed by atoms with van der Waals surface area (Å²) in [4.78, 5) is 0. The molecule has 0 radical (unpaired) electrons. The first-order valence-corrected chi connectivity index (χ1v) is 15.3. The van der Waals surface area contributed by atoms with Crippen LogP contribution in [0.4, 0.5) is 0 Å². The zero-order valence-corrected chi connectivity index (χ0v) is 10.8. The summed E-state index contributed by atoms with van der Waals surface area (Å²) in [7, 11) is 15.0. The molecule has 0 heterocycles. The van der Waals surface area contributed by atoms with Crippen molar-refractivity contribution in [1.82, 2.24) is 0 Å². The van der Waals surface area contributed by atoms with E-state index in [0.29, 0.717) is 0 Å². The molecule has 1 aromatic rings. The number of halogens is 3. The zero-order valence-electron chi connectivity index (χ0n) is 5.05. The average molecular weight is 393 g/mol. The summed E-state index contributed by atoms with van der Waals surface area (Å²) >= 11 is -2.18. The van der Waals surface area contributed by atoms with Crippen LogP contribution >= 0.6 is 25.5 Å². The Morgan fingerprint density at radius 1 is 0.600 bits per heavy atom. The van der Waals surface area contributed by atoms with Gasteiger partial charge in [0.1, 0.15) is 0 Å². The molecule has 0 atom stereocenters.